The number of hydrogen-bond donors (Lipinski definition) is 1. The second-order valence-corrected chi connectivity index (χ2v) is 8.60. The third-order valence-electron chi connectivity index (χ3n) is 5.76. The number of likely N-dealkylation sites (tertiary alicyclic amines) is 1. The van der Waals surface area contributed by atoms with Crippen LogP contribution in [0.4, 0.5) is 0 Å². The second kappa shape index (κ2) is 10.9. The standard InChI is InChI=1S/C26H30ClNO6/c1-6-16-7-9-17(10-8-16)23-22(25(30)26(31)28(23)11-12-34-15(2)3)24(29)18-13-19(27)21(33-5)14-20(18)32-4/h7-10,13-15,23,29H,6,11-12H2,1-5H3/b24-22+. The third-order valence-corrected chi connectivity index (χ3v) is 6.05. The first kappa shape index (κ1) is 25.6. The molecule has 7 nitrogen and oxygen atoms in total. The van der Waals surface area contributed by atoms with E-state index in [-0.39, 0.29) is 46.9 Å². The number of amides is 1. The minimum Gasteiger partial charge on any atom is -0.507 e. The number of carbonyl (C=O) groups is 2. The lowest BCUT2D eigenvalue weighted by atomic mass is 9.94. The largest absolute Gasteiger partial charge is 0.507 e. The molecule has 0 bridgehead atoms. The van der Waals surface area contributed by atoms with Gasteiger partial charge >= 0.3 is 0 Å². The fourth-order valence-corrected chi connectivity index (χ4v) is 4.21. The van der Waals surface area contributed by atoms with Crippen molar-refractivity contribution < 1.29 is 28.9 Å². The molecule has 3 rings (SSSR count). The number of carbonyl (C=O) groups excluding carboxylic acids is 2. The van der Waals surface area contributed by atoms with Gasteiger partial charge < -0.3 is 24.2 Å². The molecule has 2 aromatic carbocycles. The van der Waals surface area contributed by atoms with Crippen LogP contribution < -0.4 is 9.47 Å². The van der Waals surface area contributed by atoms with Crippen LogP contribution in [-0.2, 0) is 20.7 Å². The average molecular weight is 488 g/mol. The summed E-state index contributed by atoms with van der Waals surface area (Å²) in [6.07, 6.45) is 0.828. The Hall–Kier alpha value is -3.03. The maximum atomic E-state index is 13.2. The Kier molecular flexibility index (Phi) is 8.23. The van der Waals surface area contributed by atoms with Crippen molar-refractivity contribution in [3.05, 3.63) is 63.7 Å². The van der Waals surface area contributed by atoms with E-state index in [1.54, 1.807) is 0 Å². The molecule has 1 fully saturated rings. The molecule has 0 spiro atoms. The van der Waals surface area contributed by atoms with Crippen molar-refractivity contribution in [2.75, 3.05) is 27.4 Å². The van der Waals surface area contributed by atoms with Crippen LogP contribution in [-0.4, -0.2) is 55.2 Å². The number of ketones is 1. The Morgan fingerprint density at radius 3 is 2.29 bits per heavy atom. The van der Waals surface area contributed by atoms with Crippen molar-refractivity contribution in [1.82, 2.24) is 4.90 Å². The van der Waals surface area contributed by atoms with E-state index in [4.69, 9.17) is 25.8 Å². The molecule has 1 unspecified atom stereocenters. The molecule has 34 heavy (non-hydrogen) atoms. The number of ether oxygens (including phenoxy) is 3. The van der Waals surface area contributed by atoms with Crippen LogP contribution >= 0.6 is 11.6 Å². The van der Waals surface area contributed by atoms with Gasteiger partial charge in [0.15, 0.2) is 0 Å². The summed E-state index contributed by atoms with van der Waals surface area (Å²) in [5, 5.41) is 11.6. The van der Waals surface area contributed by atoms with Crippen LogP contribution in [0.3, 0.4) is 0 Å². The lowest BCUT2D eigenvalue weighted by Crippen LogP contribution is -2.33. The number of rotatable bonds is 9. The molecule has 1 atom stereocenters. The molecule has 2 aromatic rings. The van der Waals surface area contributed by atoms with Gasteiger partial charge in [0.1, 0.15) is 17.3 Å². The number of nitrogens with zero attached hydrogens (tertiary/aromatic N) is 1. The zero-order chi connectivity index (χ0) is 25.0. The molecular formula is C26H30ClNO6. The average Bonchev–Trinajstić information content (AvgIpc) is 3.08. The van der Waals surface area contributed by atoms with Crippen LogP contribution in [0.2, 0.25) is 5.02 Å². The van der Waals surface area contributed by atoms with Crippen LogP contribution in [0.25, 0.3) is 5.76 Å². The van der Waals surface area contributed by atoms with E-state index in [0.29, 0.717) is 11.3 Å². The minimum atomic E-state index is -0.785. The Morgan fingerprint density at radius 1 is 1.09 bits per heavy atom. The van der Waals surface area contributed by atoms with Crippen LogP contribution in [0, 0.1) is 0 Å². The van der Waals surface area contributed by atoms with Gasteiger partial charge in [0.05, 0.1) is 49.1 Å². The normalized spacial score (nSPS) is 17.5. The van der Waals surface area contributed by atoms with Gasteiger partial charge in [0.2, 0.25) is 0 Å². The van der Waals surface area contributed by atoms with Crippen LogP contribution in [0.1, 0.15) is 43.5 Å². The molecule has 1 aliphatic heterocycles. The van der Waals surface area contributed by atoms with Crippen molar-refractivity contribution in [1.29, 1.82) is 0 Å². The number of aryl methyl sites for hydroxylation is 1. The highest BCUT2D eigenvalue weighted by molar-refractivity contribution is 6.46. The molecule has 1 N–H and O–H groups in total. The van der Waals surface area contributed by atoms with Crippen molar-refractivity contribution >= 4 is 29.1 Å². The van der Waals surface area contributed by atoms with Crippen LogP contribution in [0.5, 0.6) is 11.5 Å². The lowest BCUT2D eigenvalue weighted by molar-refractivity contribution is -0.140. The number of aliphatic hydroxyl groups excluding tert-OH is 1. The number of Topliss-reactive ketones (excluding diaryl/α,β-unsaturated/α-hetero) is 1. The zero-order valence-electron chi connectivity index (χ0n) is 20.1. The molecule has 1 saturated heterocycles. The summed E-state index contributed by atoms with van der Waals surface area (Å²) >= 11 is 6.29. The molecular weight excluding hydrogens is 458 g/mol. The summed E-state index contributed by atoms with van der Waals surface area (Å²) in [5.41, 5.74) is 1.99. The number of halogens is 1. The second-order valence-electron chi connectivity index (χ2n) is 8.19. The van der Waals surface area contributed by atoms with Gasteiger partial charge in [-0.2, -0.15) is 0 Å². The summed E-state index contributed by atoms with van der Waals surface area (Å²) < 4.78 is 16.3. The zero-order valence-corrected chi connectivity index (χ0v) is 20.8. The highest BCUT2D eigenvalue weighted by Crippen LogP contribution is 2.43. The Morgan fingerprint density at radius 2 is 1.74 bits per heavy atom. The fourth-order valence-electron chi connectivity index (χ4n) is 3.97. The van der Waals surface area contributed by atoms with Gasteiger partial charge in [-0.25, -0.2) is 0 Å². The molecule has 0 radical (unpaired) electrons. The van der Waals surface area contributed by atoms with E-state index < -0.39 is 17.7 Å². The topological polar surface area (TPSA) is 85.3 Å². The van der Waals surface area contributed by atoms with Gasteiger partial charge in [-0.15, -0.1) is 0 Å². The van der Waals surface area contributed by atoms with Crippen molar-refractivity contribution in [3.8, 4) is 11.5 Å². The van der Waals surface area contributed by atoms with E-state index in [1.165, 1.54) is 31.3 Å². The SMILES string of the molecule is CCc1ccc(C2/C(=C(\O)c3cc(Cl)c(OC)cc3OC)C(=O)C(=O)N2CCOC(C)C)cc1. The molecule has 0 saturated carbocycles. The third kappa shape index (κ3) is 5.05. The molecule has 1 amide bonds. The molecule has 1 heterocycles. The number of hydrogen-bond acceptors (Lipinski definition) is 6. The Bertz CT molecular complexity index is 1090. The maximum Gasteiger partial charge on any atom is 0.295 e. The van der Waals surface area contributed by atoms with Crippen molar-refractivity contribution in [3.63, 3.8) is 0 Å². The molecule has 0 aromatic heterocycles. The molecule has 182 valence electrons. The van der Waals surface area contributed by atoms with Gasteiger partial charge in [-0.05, 0) is 37.5 Å². The smallest absolute Gasteiger partial charge is 0.295 e. The van der Waals surface area contributed by atoms with E-state index in [2.05, 4.69) is 0 Å². The van der Waals surface area contributed by atoms with E-state index in [0.717, 1.165) is 12.0 Å². The monoisotopic (exact) mass is 487 g/mol. The lowest BCUT2D eigenvalue weighted by Gasteiger charge is -2.26. The molecule has 0 aliphatic carbocycles. The van der Waals surface area contributed by atoms with Crippen LogP contribution in [0.15, 0.2) is 42.0 Å². The van der Waals surface area contributed by atoms with Gasteiger partial charge in [0.25, 0.3) is 11.7 Å². The summed E-state index contributed by atoms with van der Waals surface area (Å²) in [6.45, 7) is 6.29. The first-order chi connectivity index (χ1) is 16.2. The minimum absolute atomic E-state index is 0.0233. The van der Waals surface area contributed by atoms with Gasteiger partial charge in [0, 0.05) is 12.6 Å². The summed E-state index contributed by atoms with van der Waals surface area (Å²) in [6, 6.07) is 9.84. The number of benzene rings is 2. The summed E-state index contributed by atoms with van der Waals surface area (Å²) in [5.74, 6) is -1.23. The first-order valence-electron chi connectivity index (χ1n) is 11.1. The number of aliphatic hydroxyl groups is 1. The van der Waals surface area contributed by atoms with Gasteiger partial charge in [-0.3, -0.25) is 9.59 Å². The summed E-state index contributed by atoms with van der Waals surface area (Å²) in [4.78, 5) is 27.7. The summed E-state index contributed by atoms with van der Waals surface area (Å²) in [7, 11) is 2.90. The Balaban J connectivity index is 2.17. The first-order valence-corrected chi connectivity index (χ1v) is 11.5. The highest BCUT2D eigenvalue weighted by Gasteiger charge is 2.46. The predicted molar refractivity (Wildman–Crippen MR) is 130 cm³/mol. The van der Waals surface area contributed by atoms with Gasteiger partial charge in [-0.1, -0.05) is 42.8 Å². The number of methoxy groups -OCH3 is 2. The maximum absolute atomic E-state index is 13.2. The highest BCUT2D eigenvalue weighted by atomic mass is 35.5. The van der Waals surface area contributed by atoms with E-state index in [1.807, 2.05) is 45.0 Å². The van der Waals surface area contributed by atoms with E-state index in [9.17, 15) is 14.7 Å². The Labute approximate surface area is 204 Å². The van der Waals surface area contributed by atoms with Crippen molar-refractivity contribution in [2.45, 2.75) is 39.3 Å². The quantitative estimate of drug-likeness (QED) is 0.311. The fraction of sp³-hybridized carbons (Fsp3) is 0.385. The molecule has 8 heteroatoms. The van der Waals surface area contributed by atoms with Crippen molar-refractivity contribution in [2.24, 2.45) is 0 Å². The molecule has 1 aliphatic rings. The predicted octanol–water partition coefficient (Wildman–Crippen LogP) is 4.77. The van der Waals surface area contributed by atoms with E-state index >= 15 is 0 Å².